The number of sulfonamides is 1. The Morgan fingerprint density at radius 1 is 1.02 bits per heavy atom. The molecule has 0 aliphatic heterocycles. The molecule has 1 atom stereocenters. The molecule has 2 amide bonds. The molecule has 0 heterocycles. The van der Waals surface area contributed by atoms with E-state index in [0.717, 1.165) is 45.6 Å². The Morgan fingerprint density at radius 2 is 1.68 bits per heavy atom. The first kappa shape index (κ1) is 30.6. The number of nitrogens with zero attached hydrogens (tertiary/aromatic N) is 2. The minimum atomic E-state index is -4.13. The average molecular weight is 643 g/mol. The van der Waals surface area contributed by atoms with Gasteiger partial charge in [-0.05, 0) is 80.8 Å². The molecule has 0 radical (unpaired) electrons. The monoisotopic (exact) mass is 641 g/mol. The zero-order valence-corrected chi connectivity index (χ0v) is 25.9. The Balaban J connectivity index is 1.69. The largest absolute Gasteiger partial charge is 0.497 e. The molecule has 10 heteroatoms. The third-order valence-corrected chi connectivity index (χ3v) is 9.64. The van der Waals surface area contributed by atoms with E-state index in [2.05, 4.69) is 21.2 Å². The number of ether oxygens (including phenoxy) is 1. The molecule has 0 saturated heterocycles. The molecule has 1 aliphatic carbocycles. The van der Waals surface area contributed by atoms with Gasteiger partial charge >= 0.3 is 0 Å². The normalized spacial score (nSPS) is 14.3. The predicted octanol–water partition coefficient (Wildman–Crippen LogP) is 5.44. The summed E-state index contributed by atoms with van der Waals surface area (Å²) in [5.74, 6) is -0.190. The number of anilines is 1. The number of aryl methyl sites for hydroxylation is 1. The summed E-state index contributed by atoms with van der Waals surface area (Å²) in [7, 11) is -2.60. The summed E-state index contributed by atoms with van der Waals surface area (Å²) in [4.78, 5) is 28.9. The average Bonchev–Trinajstić information content (AvgIpc) is 3.47. The summed E-state index contributed by atoms with van der Waals surface area (Å²) >= 11 is 3.47. The van der Waals surface area contributed by atoms with Crippen molar-refractivity contribution in [1.29, 1.82) is 0 Å². The molecule has 0 spiro atoms. The van der Waals surface area contributed by atoms with Crippen molar-refractivity contribution in [3.63, 3.8) is 0 Å². The lowest BCUT2D eigenvalue weighted by atomic mass is 10.1. The fraction of sp³-hybridized carbons (Fsp3) is 0.355. The van der Waals surface area contributed by atoms with Gasteiger partial charge in [-0.2, -0.15) is 0 Å². The van der Waals surface area contributed by atoms with E-state index in [4.69, 9.17) is 4.74 Å². The number of carbonyl (C=O) groups excluding carboxylic acids is 2. The number of carbonyl (C=O) groups is 2. The van der Waals surface area contributed by atoms with Gasteiger partial charge in [0, 0.05) is 17.1 Å². The third-order valence-electron chi connectivity index (χ3n) is 7.36. The zero-order chi connectivity index (χ0) is 29.6. The Labute approximate surface area is 250 Å². The first-order chi connectivity index (χ1) is 19.6. The van der Waals surface area contributed by atoms with Crippen molar-refractivity contribution in [2.24, 2.45) is 0 Å². The van der Waals surface area contributed by atoms with Gasteiger partial charge in [-0.15, -0.1) is 0 Å². The molecule has 4 rings (SSSR count). The number of methoxy groups -OCH3 is 1. The van der Waals surface area contributed by atoms with Crippen molar-refractivity contribution in [3.8, 4) is 5.75 Å². The van der Waals surface area contributed by atoms with Crippen LogP contribution in [0.3, 0.4) is 0 Å². The van der Waals surface area contributed by atoms with E-state index < -0.39 is 28.5 Å². The molecule has 1 aliphatic rings. The van der Waals surface area contributed by atoms with E-state index in [1.807, 2.05) is 31.2 Å². The smallest absolute Gasteiger partial charge is 0.264 e. The van der Waals surface area contributed by atoms with Crippen molar-refractivity contribution >= 4 is 43.5 Å². The highest BCUT2D eigenvalue weighted by Gasteiger charge is 2.33. The maximum atomic E-state index is 14.1. The summed E-state index contributed by atoms with van der Waals surface area (Å²) in [5.41, 5.74) is 2.04. The Kier molecular flexibility index (Phi) is 10.1. The molecular weight excluding hydrogens is 606 g/mol. The van der Waals surface area contributed by atoms with Crippen molar-refractivity contribution in [1.82, 2.24) is 10.2 Å². The zero-order valence-electron chi connectivity index (χ0n) is 23.5. The molecule has 3 aromatic rings. The highest BCUT2D eigenvalue weighted by Crippen LogP contribution is 2.27. The maximum Gasteiger partial charge on any atom is 0.264 e. The van der Waals surface area contributed by atoms with Gasteiger partial charge in [0.1, 0.15) is 18.3 Å². The lowest BCUT2D eigenvalue weighted by molar-refractivity contribution is -0.139. The summed E-state index contributed by atoms with van der Waals surface area (Å²) in [6.07, 6.45) is 3.96. The van der Waals surface area contributed by atoms with Crippen molar-refractivity contribution in [3.05, 3.63) is 88.4 Å². The van der Waals surface area contributed by atoms with E-state index in [-0.39, 0.29) is 23.4 Å². The lowest BCUT2D eigenvalue weighted by Crippen LogP contribution is -2.52. The highest BCUT2D eigenvalue weighted by atomic mass is 79.9. The molecule has 0 bridgehead atoms. The fourth-order valence-electron chi connectivity index (χ4n) is 4.92. The topological polar surface area (TPSA) is 96.0 Å². The van der Waals surface area contributed by atoms with E-state index >= 15 is 0 Å². The molecule has 1 N–H and O–H groups in total. The Hall–Kier alpha value is -3.37. The van der Waals surface area contributed by atoms with Crippen LogP contribution in [0.4, 0.5) is 5.69 Å². The number of hydrogen-bond donors (Lipinski definition) is 1. The van der Waals surface area contributed by atoms with Crippen molar-refractivity contribution in [2.75, 3.05) is 18.0 Å². The summed E-state index contributed by atoms with van der Waals surface area (Å²) in [6, 6.07) is 19.8. The minimum absolute atomic E-state index is 0.0669. The van der Waals surface area contributed by atoms with Crippen LogP contribution in [0.5, 0.6) is 5.75 Å². The molecule has 0 aromatic heterocycles. The van der Waals surface area contributed by atoms with Crippen LogP contribution in [0.2, 0.25) is 0 Å². The van der Waals surface area contributed by atoms with Crippen LogP contribution < -0.4 is 14.4 Å². The summed E-state index contributed by atoms with van der Waals surface area (Å²) in [5, 5.41) is 3.08. The van der Waals surface area contributed by atoms with Crippen LogP contribution in [-0.4, -0.2) is 50.9 Å². The van der Waals surface area contributed by atoms with Crippen LogP contribution in [0.15, 0.2) is 82.2 Å². The van der Waals surface area contributed by atoms with Crippen molar-refractivity contribution in [2.45, 2.75) is 63.1 Å². The standard InChI is InChI=1S/C31H36BrN3O5S/c1-22-11-17-29(18-12-22)41(38,39)35(27-13-15-28(40-3)16-14-27)21-30(36)34(20-24-7-6-8-25(32)19-24)23(2)31(37)33-26-9-4-5-10-26/h6-8,11-19,23,26H,4-5,9-10,20-21H2,1-3H3,(H,33,37)/t23-/m1/s1. The summed E-state index contributed by atoms with van der Waals surface area (Å²) in [6.45, 7) is 3.21. The first-order valence-electron chi connectivity index (χ1n) is 13.7. The second-order valence-corrected chi connectivity index (χ2v) is 13.1. The molecule has 1 fully saturated rings. The van der Waals surface area contributed by atoms with Crippen LogP contribution in [-0.2, 0) is 26.2 Å². The van der Waals surface area contributed by atoms with Gasteiger partial charge in [0.25, 0.3) is 10.0 Å². The second kappa shape index (κ2) is 13.5. The molecule has 218 valence electrons. The third kappa shape index (κ3) is 7.68. The number of halogens is 1. The number of benzene rings is 3. The van der Waals surface area contributed by atoms with Crippen LogP contribution in [0.25, 0.3) is 0 Å². The quantitative estimate of drug-likeness (QED) is 0.301. The van der Waals surface area contributed by atoms with E-state index in [1.165, 1.54) is 24.1 Å². The van der Waals surface area contributed by atoms with Gasteiger partial charge in [-0.25, -0.2) is 8.42 Å². The maximum absolute atomic E-state index is 14.1. The van der Waals surface area contributed by atoms with Crippen LogP contribution >= 0.6 is 15.9 Å². The Morgan fingerprint density at radius 3 is 2.29 bits per heavy atom. The van der Waals surface area contributed by atoms with Gasteiger partial charge in [0.15, 0.2) is 0 Å². The predicted molar refractivity (Wildman–Crippen MR) is 163 cm³/mol. The van der Waals surface area contributed by atoms with E-state index in [1.54, 1.807) is 43.3 Å². The van der Waals surface area contributed by atoms with Gasteiger partial charge in [0.2, 0.25) is 11.8 Å². The second-order valence-electron chi connectivity index (χ2n) is 10.3. The summed E-state index contributed by atoms with van der Waals surface area (Å²) < 4.78 is 35.0. The minimum Gasteiger partial charge on any atom is -0.497 e. The first-order valence-corrected chi connectivity index (χ1v) is 15.9. The van der Waals surface area contributed by atoms with Gasteiger partial charge < -0.3 is 15.0 Å². The van der Waals surface area contributed by atoms with E-state index in [0.29, 0.717) is 11.4 Å². The lowest BCUT2D eigenvalue weighted by Gasteiger charge is -2.32. The number of rotatable bonds is 11. The molecule has 3 aromatic carbocycles. The number of amides is 2. The van der Waals surface area contributed by atoms with Crippen LogP contribution in [0.1, 0.15) is 43.7 Å². The van der Waals surface area contributed by atoms with Crippen LogP contribution in [0, 0.1) is 6.92 Å². The highest BCUT2D eigenvalue weighted by molar-refractivity contribution is 9.10. The van der Waals surface area contributed by atoms with Crippen molar-refractivity contribution < 1.29 is 22.7 Å². The molecule has 41 heavy (non-hydrogen) atoms. The number of nitrogens with one attached hydrogen (secondary N) is 1. The van der Waals surface area contributed by atoms with Gasteiger partial charge in [-0.1, -0.05) is 58.6 Å². The Bertz CT molecular complexity index is 1460. The van der Waals surface area contributed by atoms with E-state index in [9.17, 15) is 18.0 Å². The SMILES string of the molecule is COc1ccc(N(CC(=O)N(Cc2cccc(Br)c2)[C@H](C)C(=O)NC2CCCC2)S(=O)(=O)c2ccc(C)cc2)cc1. The molecule has 0 unspecified atom stereocenters. The molecule has 8 nitrogen and oxygen atoms in total. The number of hydrogen-bond acceptors (Lipinski definition) is 5. The fourth-order valence-corrected chi connectivity index (χ4v) is 6.78. The van der Waals surface area contributed by atoms with Gasteiger partial charge in [-0.3, -0.25) is 13.9 Å². The molecule has 1 saturated carbocycles. The molecular formula is C31H36BrN3O5S. The van der Waals surface area contributed by atoms with Gasteiger partial charge in [0.05, 0.1) is 17.7 Å².